The fraction of sp³-hybridized carbons (Fsp3) is 0.175. The zero-order chi connectivity index (χ0) is 75.1. The Labute approximate surface area is 589 Å². The molecular formula is C80H75FN8O13. The molecule has 0 aliphatic carbocycles. The van der Waals surface area contributed by atoms with Crippen molar-refractivity contribution in [2.75, 3.05) is 0 Å². The minimum atomic E-state index is -0.972. The molecule has 0 saturated carbocycles. The van der Waals surface area contributed by atoms with Crippen molar-refractivity contribution in [3.63, 3.8) is 0 Å². The number of nitrogens with one attached hydrogen (secondary N) is 3. The molecule has 7 N–H and O–H groups in total. The van der Waals surface area contributed by atoms with Crippen molar-refractivity contribution >= 4 is 29.5 Å². The van der Waals surface area contributed by atoms with Gasteiger partial charge in [0.25, 0.3) is 17.0 Å². The van der Waals surface area contributed by atoms with E-state index in [1.165, 1.54) is 48.5 Å². The van der Waals surface area contributed by atoms with Crippen molar-refractivity contribution in [2.24, 2.45) is 5.73 Å². The van der Waals surface area contributed by atoms with Gasteiger partial charge in [0, 0.05) is 41.2 Å². The summed E-state index contributed by atoms with van der Waals surface area (Å²) in [4.78, 5) is 78.5. The summed E-state index contributed by atoms with van der Waals surface area (Å²) in [5.74, 6) is 1.22. The Morgan fingerprint density at radius 2 is 0.873 bits per heavy atom. The number of aromatic hydroxyl groups is 1. The Morgan fingerprint density at radius 3 is 1.25 bits per heavy atom. The Kier molecular flexibility index (Phi) is 29.9. The van der Waals surface area contributed by atoms with Crippen LogP contribution in [0.1, 0.15) is 133 Å². The summed E-state index contributed by atoms with van der Waals surface area (Å²) in [5.41, 5.74) is 12.5. The molecule has 0 bridgehead atoms. The van der Waals surface area contributed by atoms with Crippen LogP contribution in [0.4, 0.5) is 10.1 Å². The van der Waals surface area contributed by atoms with Crippen LogP contribution < -0.4 is 36.4 Å². The molecule has 21 nitrogen and oxygen atoms in total. The Balaban J connectivity index is 0.000000229. The lowest BCUT2D eigenvalue weighted by Crippen LogP contribution is -2.27. The standard InChI is InChI=1S/C22H19N3O3.C18H17NO3.C14H9NO3.C11H13FO2.C8H12N2O.C7H5NO/c1-14-11-15(2)25-22(27)20(14)13-24-21(26)16-5-4-6-19(12-16)28-18-9-7-17(23-3)8-10-18;1-18(2,3)22-17(20)14-6-10-16(11-7-14)21-15-8-4-13(12-19)5-9-15;15-9-10-1-5-12(6-2-10)18-13-7-3-11(4-8-13)14(16)17;1-11(2,3)14-10(13)8-4-6-9(12)7-5-8;1-5-3-6(2)10-8(11)7(5)4-9;8-5-6-1-3-7(9)4-2-6/h4-12H,13H2,1-2H3,(H,24,26)(H,25,27);4-11H,1-3H3;1-8H,(H,16,17);4-7H,1-3H3;3H,4,9H2,1-2H3,(H,10,11);1-4,9H. The fourth-order valence-corrected chi connectivity index (χ4v) is 8.52. The maximum absolute atomic E-state index is 12.5. The zero-order valence-corrected chi connectivity index (χ0v) is 57.7. The van der Waals surface area contributed by atoms with Gasteiger partial charge in [0.05, 0.1) is 58.2 Å². The van der Waals surface area contributed by atoms with Crippen LogP contribution in [0.15, 0.2) is 216 Å². The van der Waals surface area contributed by atoms with E-state index in [-0.39, 0.29) is 46.7 Å². The molecule has 0 atom stereocenters. The SMILES string of the molecule is CC(C)(C)OC(=O)c1ccc(F)cc1.CC(C)(C)OC(=O)c1ccc(Oc2ccc(C#N)cc2)cc1.Cc1cc(C)c(CN)c(=O)[nH]1.N#Cc1ccc(O)cc1.N#Cc1ccc(Oc2ccc(C(=O)O)cc2)cc1.[C-]#[N+]c1ccc(Oc2cccc(C(=O)NCc3c(C)cc(C)[nH]c3=O)c2)cc1. The summed E-state index contributed by atoms with van der Waals surface area (Å²) >= 11 is 0. The smallest absolute Gasteiger partial charge is 0.338 e. The van der Waals surface area contributed by atoms with Gasteiger partial charge in [0.1, 0.15) is 57.3 Å². The first kappa shape index (κ1) is 79.3. The highest BCUT2D eigenvalue weighted by Crippen LogP contribution is 2.27. The molecule has 0 aliphatic heterocycles. The first-order valence-electron chi connectivity index (χ1n) is 31.2. The van der Waals surface area contributed by atoms with Crippen molar-refractivity contribution in [1.82, 2.24) is 15.3 Å². The van der Waals surface area contributed by atoms with E-state index in [0.29, 0.717) is 91.2 Å². The highest BCUT2D eigenvalue weighted by Gasteiger charge is 2.19. The van der Waals surface area contributed by atoms with Crippen LogP contribution in [-0.2, 0) is 22.6 Å². The normalized spacial score (nSPS) is 10.1. The Bertz CT molecular complexity index is 4770. The van der Waals surface area contributed by atoms with Gasteiger partial charge in [-0.3, -0.25) is 14.4 Å². The highest BCUT2D eigenvalue weighted by molar-refractivity contribution is 5.94. The molecule has 8 aromatic carbocycles. The number of carboxylic acid groups (broad SMARTS) is 1. The molecule has 10 rings (SSSR count). The van der Waals surface area contributed by atoms with Gasteiger partial charge >= 0.3 is 17.9 Å². The number of aromatic nitrogens is 2. The lowest BCUT2D eigenvalue weighted by atomic mass is 10.1. The number of ether oxygens (including phenoxy) is 5. The van der Waals surface area contributed by atoms with Gasteiger partial charge in [-0.25, -0.2) is 23.6 Å². The van der Waals surface area contributed by atoms with E-state index in [1.54, 1.807) is 166 Å². The van der Waals surface area contributed by atoms with Crippen molar-refractivity contribution in [3.05, 3.63) is 317 Å². The lowest BCUT2D eigenvalue weighted by molar-refractivity contribution is 0.00569. The summed E-state index contributed by atoms with van der Waals surface area (Å²) in [7, 11) is 0. The molecule has 102 heavy (non-hydrogen) atoms. The van der Waals surface area contributed by atoms with E-state index < -0.39 is 23.1 Å². The minimum absolute atomic E-state index is 0.0648. The molecule has 0 unspecified atom stereocenters. The number of carboxylic acids is 1. The molecule has 0 aliphatic rings. The van der Waals surface area contributed by atoms with Crippen LogP contribution in [-0.4, -0.2) is 55.2 Å². The monoisotopic (exact) mass is 1370 g/mol. The van der Waals surface area contributed by atoms with Crippen molar-refractivity contribution in [3.8, 4) is 58.5 Å². The molecule has 0 saturated heterocycles. The number of benzene rings is 8. The van der Waals surface area contributed by atoms with Gasteiger partial charge in [-0.15, -0.1) is 0 Å². The summed E-state index contributed by atoms with van der Waals surface area (Å²) in [6, 6.07) is 61.0. The van der Waals surface area contributed by atoms with Gasteiger partial charge in [0.15, 0.2) is 5.69 Å². The molecule has 2 aromatic heterocycles. The number of nitrogens with two attached hydrogens (primary N) is 1. The number of nitriles is 3. The van der Waals surface area contributed by atoms with Gasteiger partial charge in [-0.05, 0) is 268 Å². The van der Waals surface area contributed by atoms with E-state index in [2.05, 4.69) is 20.1 Å². The summed E-state index contributed by atoms with van der Waals surface area (Å²) < 4.78 is 39.8. The summed E-state index contributed by atoms with van der Waals surface area (Å²) in [5, 5.41) is 46.0. The number of hydrogen-bond acceptors (Lipinski definition) is 16. The van der Waals surface area contributed by atoms with Crippen LogP contribution in [0.25, 0.3) is 4.85 Å². The average Bonchev–Trinajstić information content (AvgIpc) is 1.02. The Morgan fingerprint density at radius 1 is 0.510 bits per heavy atom. The number of aryl methyl sites for hydroxylation is 4. The number of esters is 2. The van der Waals surface area contributed by atoms with Crippen molar-refractivity contribution in [2.45, 2.75) is 93.5 Å². The number of H-pyrrole nitrogens is 2. The largest absolute Gasteiger partial charge is 0.508 e. The number of carbonyl (C=O) groups is 4. The fourth-order valence-electron chi connectivity index (χ4n) is 8.52. The molecule has 22 heteroatoms. The molecular weight excluding hydrogens is 1300 g/mol. The number of halogens is 1. The molecule has 0 fully saturated rings. The third-order valence-electron chi connectivity index (χ3n) is 13.4. The average molecular weight is 1380 g/mol. The van der Waals surface area contributed by atoms with Crippen LogP contribution in [0.5, 0.6) is 40.2 Å². The zero-order valence-electron chi connectivity index (χ0n) is 57.7. The van der Waals surface area contributed by atoms with E-state index in [0.717, 1.165) is 22.5 Å². The van der Waals surface area contributed by atoms with Gasteiger partial charge < -0.3 is 54.9 Å². The van der Waals surface area contributed by atoms with E-state index >= 15 is 0 Å². The van der Waals surface area contributed by atoms with Crippen LogP contribution >= 0.6 is 0 Å². The van der Waals surface area contributed by atoms with Crippen LogP contribution in [0, 0.1) is 74.1 Å². The molecule has 520 valence electrons. The second-order valence-electron chi connectivity index (χ2n) is 24.0. The number of phenols is 1. The number of carbonyl (C=O) groups excluding carboxylic acids is 3. The number of nitrogens with zero attached hydrogens (tertiary/aromatic N) is 4. The number of aromatic amines is 2. The number of aromatic carboxylic acids is 1. The van der Waals surface area contributed by atoms with Gasteiger partial charge in [-0.1, -0.05) is 18.2 Å². The number of hydrogen-bond donors (Lipinski definition) is 6. The van der Waals surface area contributed by atoms with Gasteiger partial charge in [-0.2, -0.15) is 15.8 Å². The second-order valence-corrected chi connectivity index (χ2v) is 24.0. The van der Waals surface area contributed by atoms with E-state index in [1.807, 2.05) is 78.8 Å². The third-order valence-corrected chi connectivity index (χ3v) is 13.4. The molecule has 1 amide bonds. The quantitative estimate of drug-likeness (QED) is 0.0461. The molecule has 2 heterocycles. The molecule has 0 radical (unpaired) electrons. The van der Waals surface area contributed by atoms with Crippen molar-refractivity contribution < 1.29 is 57.5 Å². The van der Waals surface area contributed by atoms with E-state index in [4.69, 9.17) is 62.0 Å². The number of pyridine rings is 2. The number of phenolic OH excluding ortho intramolecular Hbond substituents is 1. The topological polar surface area (TPSA) is 334 Å². The van der Waals surface area contributed by atoms with Gasteiger partial charge in [0.2, 0.25) is 0 Å². The van der Waals surface area contributed by atoms with E-state index in [9.17, 15) is 33.2 Å². The predicted octanol–water partition coefficient (Wildman–Crippen LogP) is 16.1. The predicted molar refractivity (Wildman–Crippen MR) is 383 cm³/mol. The highest BCUT2D eigenvalue weighted by atomic mass is 19.1. The first-order chi connectivity index (χ1) is 48.4. The molecule has 0 spiro atoms. The maximum atomic E-state index is 12.5. The second kappa shape index (κ2) is 38.5. The minimum Gasteiger partial charge on any atom is -0.508 e. The van der Waals surface area contributed by atoms with Crippen LogP contribution in [0.2, 0.25) is 0 Å². The first-order valence-corrected chi connectivity index (χ1v) is 31.2. The van der Waals surface area contributed by atoms with Crippen molar-refractivity contribution in [1.29, 1.82) is 15.8 Å². The van der Waals surface area contributed by atoms with Crippen LogP contribution in [0.3, 0.4) is 0 Å². The molecule has 10 aromatic rings. The Hall–Kier alpha value is -13.4. The third kappa shape index (κ3) is 27.6. The number of rotatable bonds is 13. The summed E-state index contributed by atoms with van der Waals surface area (Å²) in [6.45, 7) is 25.7. The summed E-state index contributed by atoms with van der Waals surface area (Å²) in [6.07, 6.45) is 0. The maximum Gasteiger partial charge on any atom is 0.338 e. The number of amides is 1. The lowest BCUT2D eigenvalue weighted by Gasteiger charge is -2.19.